The van der Waals surface area contributed by atoms with Crippen molar-refractivity contribution in [3.8, 4) is 0 Å². The first-order valence-electron chi connectivity index (χ1n) is 46.0. The molecule has 0 saturated carbocycles. The van der Waals surface area contributed by atoms with Crippen LogP contribution in [-0.4, -0.2) is 128 Å². The quantitative estimate of drug-likeness (QED) is 0.0216. The van der Waals surface area contributed by atoms with E-state index < -0.39 is 89.0 Å². The average molecular weight is 2000 g/mol. The summed E-state index contributed by atoms with van der Waals surface area (Å²) in [6.07, 6.45) is 0.988. The van der Waals surface area contributed by atoms with E-state index in [0.29, 0.717) is 46.2 Å². The summed E-state index contributed by atoms with van der Waals surface area (Å²) < 4.78 is 267. The van der Waals surface area contributed by atoms with Gasteiger partial charge in [-0.15, -0.1) is 0 Å². The third-order valence-electron chi connectivity index (χ3n) is 22.3. The van der Waals surface area contributed by atoms with Crippen molar-refractivity contribution < 1.29 is 123 Å². The molecule has 0 aliphatic carbocycles. The van der Waals surface area contributed by atoms with Gasteiger partial charge in [0.2, 0.25) is 35.4 Å². The van der Waals surface area contributed by atoms with Gasteiger partial charge in [-0.25, -0.2) is 95.8 Å². The number of methoxy groups -OCH3 is 1. The minimum Gasteiger partial charge on any atom is -0.475 e. The maximum Gasteiger partial charge on any atom is 0.268 e. The molecular weight excluding hydrogens is 1890 g/mol. The van der Waals surface area contributed by atoms with Crippen LogP contribution in [-0.2, 0) is 96.5 Å². The summed E-state index contributed by atoms with van der Waals surface area (Å²) in [5, 5.41) is 0. The Kier molecular flexibility index (Phi) is 39.3. The molecule has 18 rings (SSSR count). The molecule has 6 unspecified atom stereocenters. The minimum atomic E-state index is -2.87. The van der Waals surface area contributed by atoms with Gasteiger partial charge >= 0.3 is 0 Å². The molecule has 6 atom stereocenters. The largest absolute Gasteiger partial charge is 0.475 e. The van der Waals surface area contributed by atoms with E-state index in [0.717, 1.165) is 104 Å². The smallest absolute Gasteiger partial charge is 0.268 e. The Labute approximate surface area is 823 Å². The Morgan fingerprint density at radius 3 is 0.694 bits per heavy atom. The first kappa shape index (κ1) is 107. The van der Waals surface area contributed by atoms with Crippen molar-refractivity contribution in [1.82, 2.24) is 0 Å². The van der Waals surface area contributed by atoms with Crippen molar-refractivity contribution >= 4 is 35.4 Å². The van der Waals surface area contributed by atoms with Crippen LogP contribution in [0.5, 0.6) is 0 Å². The third kappa shape index (κ3) is 30.0. The molecule has 0 N–H and O–H groups in total. The van der Waals surface area contributed by atoms with Gasteiger partial charge in [0, 0.05) is 27.2 Å². The fourth-order valence-corrected chi connectivity index (χ4v) is 15.0. The van der Waals surface area contributed by atoms with Crippen LogP contribution in [0.4, 0.5) is 65.9 Å². The summed E-state index contributed by atoms with van der Waals surface area (Å²) in [6.45, 7) is 15.4. The SMILES string of the molecule is C=C(C)COCc1ccc(C2COC(c3c(F)cccc3F)=N2)cc1.CC(F)(F)COCc1ccc(C2COC(c3c(F)cccc3F)=N2)cc1.CCCOCc1ccc(C2COC(c3c(F)cccc3F)=N2)cc1.CCOCc1ccc(C2COC(c3c(F)cccc3F)=N2)cc1.COCc1ccc(C2COC(c3c(F)cccc3F)=N2)cc1.FCCOCc1ccc(C2COC(c3c(F)cccc3F)=N2)cc1. The molecule has 6 heterocycles. The molecule has 0 amide bonds. The number of benzene rings is 12. The standard InChI is InChI=1S/C20H19F2NO2.C19H17F4NO2.C19H19F2NO2.C18H16F3NO2.C18H17F2NO2.C17H15F2NO2/c1-13(2)10-24-11-14-6-8-15(9-7-14)18-12-25-20(23-18)19-16(21)4-3-5-17(19)22;1-19(22,23)11-25-9-12-5-7-13(8-6-12)16-10-26-18(24-16)17-14(20)3-2-4-15(17)21;1-2-10-23-11-13-6-8-14(9-7-13)17-12-24-19(22-17)18-15(20)4-3-5-16(18)21;19-8-9-23-10-12-4-6-13(7-5-12)16-11-24-18(22-16)17-14(20)2-1-3-15(17)21;1-2-22-10-12-6-8-13(9-7-12)16-11-23-18(21-16)17-14(19)4-3-5-15(17)20;1-21-9-11-5-7-12(8-6-11)15-10-22-17(20-15)16-13(18)3-2-4-14(16)19/h3-9,18H,1,10-12H2,2H3;2-8,16H,9-11H2,1H3;3-9,17H,2,10-12H2,1H3;1-7,16H,8-11H2;3-9,16H,2,10-11H2,1H3;2-8,15H,9-10H2,1H3. The molecule has 6 aliphatic heterocycles. The molecule has 0 saturated heterocycles. The molecule has 0 radical (unpaired) electrons. The Morgan fingerprint density at radius 1 is 0.299 bits per heavy atom. The lowest BCUT2D eigenvalue weighted by molar-refractivity contribution is -0.0673. The first-order valence-corrected chi connectivity index (χ1v) is 46.0. The molecule has 0 fully saturated rings. The number of alkyl halides is 3. The third-order valence-corrected chi connectivity index (χ3v) is 22.3. The van der Waals surface area contributed by atoms with E-state index in [-0.39, 0.29) is 158 Å². The van der Waals surface area contributed by atoms with E-state index in [2.05, 4.69) is 43.5 Å². The lowest BCUT2D eigenvalue weighted by Gasteiger charge is -2.11. The number of halogens is 15. The molecule has 0 bridgehead atoms. The zero-order valence-electron chi connectivity index (χ0n) is 79.1. The summed E-state index contributed by atoms with van der Waals surface area (Å²) in [4.78, 5) is 25.9. The van der Waals surface area contributed by atoms with E-state index in [1.54, 1.807) is 31.4 Å². The molecule has 12 aromatic rings. The molecule has 6 aliphatic rings. The zero-order valence-corrected chi connectivity index (χ0v) is 79.1. The molecule has 754 valence electrons. The number of ether oxygens (including phenoxy) is 12. The second-order valence-corrected chi connectivity index (χ2v) is 33.5. The normalized spacial score (nSPS) is 16.9. The number of rotatable bonds is 33. The summed E-state index contributed by atoms with van der Waals surface area (Å²) in [5.41, 5.74) is 10.9. The topological polar surface area (TPSA) is 185 Å². The Morgan fingerprint density at radius 2 is 0.500 bits per heavy atom. The number of nitrogens with zero attached hydrogens (tertiary/aromatic N) is 6. The van der Waals surface area contributed by atoms with E-state index in [9.17, 15) is 65.9 Å². The van der Waals surface area contributed by atoms with Gasteiger partial charge < -0.3 is 56.8 Å². The van der Waals surface area contributed by atoms with Crippen LogP contribution in [0.1, 0.15) is 171 Å². The van der Waals surface area contributed by atoms with Crippen LogP contribution in [0.2, 0.25) is 0 Å². The van der Waals surface area contributed by atoms with E-state index in [1.165, 1.54) is 97.1 Å². The maximum atomic E-state index is 13.8. The van der Waals surface area contributed by atoms with Gasteiger partial charge in [0.1, 0.15) is 192 Å². The van der Waals surface area contributed by atoms with Crippen molar-refractivity contribution in [2.45, 2.75) is 116 Å². The first-order chi connectivity index (χ1) is 69.6. The Bertz CT molecular complexity index is 6230. The molecular formula is C111H103F15N6O12. The monoisotopic (exact) mass is 2000 g/mol. The van der Waals surface area contributed by atoms with Crippen molar-refractivity contribution in [3.63, 3.8) is 0 Å². The predicted molar refractivity (Wildman–Crippen MR) is 515 cm³/mol. The van der Waals surface area contributed by atoms with Crippen molar-refractivity contribution in [2.75, 3.05) is 86.5 Å². The van der Waals surface area contributed by atoms with Crippen LogP contribution < -0.4 is 0 Å². The Balaban J connectivity index is 0.000000145. The van der Waals surface area contributed by atoms with Crippen LogP contribution in [0.25, 0.3) is 0 Å². The number of hydrogen-bond acceptors (Lipinski definition) is 18. The number of aliphatic imine (C=N–C) groups is 6. The highest BCUT2D eigenvalue weighted by Gasteiger charge is 2.34. The average Bonchev–Trinajstić information content (AvgIpc) is 1.75. The van der Waals surface area contributed by atoms with Gasteiger partial charge in [-0.05, 0) is 160 Å². The highest BCUT2D eigenvalue weighted by atomic mass is 19.3. The second kappa shape index (κ2) is 52.8. The summed E-state index contributed by atoms with van der Waals surface area (Å²) >= 11 is 0. The molecule has 18 nitrogen and oxygen atoms in total. The molecule has 0 aromatic heterocycles. The van der Waals surface area contributed by atoms with Gasteiger partial charge in [0.25, 0.3) is 5.92 Å². The van der Waals surface area contributed by atoms with Crippen LogP contribution in [0.3, 0.4) is 0 Å². The summed E-state index contributed by atoms with van der Waals surface area (Å²) in [7, 11) is 1.64. The highest BCUT2D eigenvalue weighted by molar-refractivity contribution is 5.99. The minimum absolute atomic E-state index is 0.00877. The summed E-state index contributed by atoms with van der Waals surface area (Å²) in [5.74, 6) is -11.1. The van der Waals surface area contributed by atoms with Crippen LogP contribution in [0, 0.1) is 69.8 Å². The summed E-state index contributed by atoms with van der Waals surface area (Å²) in [6, 6.07) is 65.8. The predicted octanol–water partition coefficient (Wildman–Crippen LogP) is 25.3. The van der Waals surface area contributed by atoms with Gasteiger partial charge in [-0.1, -0.05) is 201 Å². The van der Waals surface area contributed by atoms with Gasteiger partial charge in [-0.3, -0.25) is 0 Å². The Hall–Kier alpha value is -14.1. The lowest BCUT2D eigenvalue weighted by Crippen LogP contribution is -2.18. The van der Waals surface area contributed by atoms with E-state index in [1.807, 2.05) is 135 Å². The molecule has 0 spiro atoms. The number of hydrogen-bond donors (Lipinski definition) is 0. The van der Waals surface area contributed by atoms with Gasteiger partial charge in [0.05, 0.1) is 52.9 Å². The second-order valence-electron chi connectivity index (χ2n) is 33.5. The van der Waals surface area contributed by atoms with E-state index in [4.69, 9.17) is 56.8 Å². The van der Waals surface area contributed by atoms with E-state index >= 15 is 0 Å². The molecule has 12 aromatic carbocycles. The fraction of sp³-hybridized carbons (Fsp3) is 0.279. The maximum absolute atomic E-state index is 13.8. The van der Waals surface area contributed by atoms with Gasteiger partial charge in [0.15, 0.2) is 0 Å². The lowest BCUT2D eigenvalue weighted by atomic mass is 10.1. The zero-order chi connectivity index (χ0) is 102. The molecule has 33 heteroatoms. The van der Waals surface area contributed by atoms with Gasteiger partial charge in [-0.2, -0.15) is 0 Å². The highest BCUT2D eigenvalue weighted by Crippen LogP contribution is 2.36. The molecule has 144 heavy (non-hydrogen) atoms. The fourth-order valence-electron chi connectivity index (χ4n) is 15.0. The van der Waals surface area contributed by atoms with Crippen LogP contribution >= 0.6 is 0 Å². The van der Waals surface area contributed by atoms with Crippen molar-refractivity contribution in [1.29, 1.82) is 0 Å². The van der Waals surface area contributed by atoms with Crippen molar-refractivity contribution in [2.24, 2.45) is 30.0 Å². The van der Waals surface area contributed by atoms with Crippen LogP contribution in [0.15, 0.2) is 297 Å². The van der Waals surface area contributed by atoms with Crippen molar-refractivity contribution in [3.05, 3.63) is 437 Å².